The maximum atomic E-state index is 10.8. The second-order valence-electron chi connectivity index (χ2n) is 2.64. The Hall–Kier alpha value is -0.660. The average Bonchev–Trinajstić information content (AvgIpc) is 2.04. The van der Waals surface area contributed by atoms with Gasteiger partial charge in [-0.1, -0.05) is 13.8 Å². The predicted octanol–water partition coefficient (Wildman–Crippen LogP) is 2.11. The summed E-state index contributed by atoms with van der Waals surface area (Å²) in [6.07, 6.45) is 3.07. The first kappa shape index (κ1) is 10.3. The summed E-state index contributed by atoms with van der Waals surface area (Å²) in [5, 5.41) is 0. The third kappa shape index (κ3) is 5.77. The van der Waals surface area contributed by atoms with E-state index in [9.17, 15) is 9.59 Å². The highest BCUT2D eigenvalue weighted by Crippen LogP contribution is 2.01. The molecule has 11 heavy (non-hydrogen) atoms. The molecule has 0 aromatic rings. The van der Waals surface area contributed by atoms with Gasteiger partial charge in [-0.3, -0.25) is 9.59 Å². The highest BCUT2D eigenvalue weighted by atomic mass is 16.1. The number of carbonyl (C=O) groups is 2. The molecule has 64 valence electrons. The molecule has 0 unspecified atom stereocenters. The second-order valence-corrected chi connectivity index (χ2v) is 2.64. The summed E-state index contributed by atoms with van der Waals surface area (Å²) in [6, 6.07) is 0. The zero-order chi connectivity index (χ0) is 8.69. The molecule has 2 heteroatoms. The summed E-state index contributed by atoms with van der Waals surface area (Å²) in [5.74, 6) is 0.516. The van der Waals surface area contributed by atoms with E-state index < -0.39 is 0 Å². The molecule has 0 aromatic carbocycles. The van der Waals surface area contributed by atoms with Gasteiger partial charge in [0.05, 0.1) is 0 Å². The molecular weight excluding hydrogens is 140 g/mol. The lowest BCUT2D eigenvalue weighted by Gasteiger charge is -1.95. The van der Waals surface area contributed by atoms with Crippen LogP contribution in [0.15, 0.2) is 0 Å². The first-order chi connectivity index (χ1) is 5.20. The molecule has 0 saturated carbocycles. The standard InChI is InChI=1S/C9H16O2/c1-3-8(10)6-5-7-9(11)4-2/h3-7H2,1-2H3. The largest absolute Gasteiger partial charge is 0.300 e. The highest BCUT2D eigenvalue weighted by molar-refractivity contribution is 5.80. The Morgan fingerprint density at radius 3 is 1.55 bits per heavy atom. The lowest BCUT2D eigenvalue weighted by molar-refractivity contribution is -0.120. The van der Waals surface area contributed by atoms with Crippen molar-refractivity contribution in [3.05, 3.63) is 0 Å². The lowest BCUT2D eigenvalue weighted by atomic mass is 10.1. The van der Waals surface area contributed by atoms with Gasteiger partial charge < -0.3 is 0 Å². The average molecular weight is 156 g/mol. The SMILES string of the molecule is CCC(=O)CCCC(=O)CC. The molecule has 0 atom stereocenters. The number of Topliss-reactive ketones (excluding diaryl/α,β-unsaturated/α-hetero) is 2. The molecule has 0 amide bonds. The molecule has 0 rings (SSSR count). The Kier molecular flexibility index (Phi) is 5.71. The molecule has 0 aliphatic carbocycles. The molecule has 0 bridgehead atoms. The van der Waals surface area contributed by atoms with Crippen LogP contribution in [0.1, 0.15) is 46.0 Å². The van der Waals surface area contributed by atoms with Crippen LogP contribution in [0.4, 0.5) is 0 Å². The molecule has 0 fully saturated rings. The maximum absolute atomic E-state index is 10.8. The zero-order valence-electron chi connectivity index (χ0n) is 7.35. The van der Waals surface area contributed by atoms with Crippen LogP contribution in [-0.4, -0.2) is 11.6 Å². The van der Waals surface area contributed by atoms with Gasteiger partial charge in [0.25, 0.3) is 0 Å². The minimum atomic E-state index is 0.258. The van der Waals surface area contributed by atoms with E-state index in [0.717, 1.165) is 6.42 Å². The van der Waals surface area contributed by atoms with Crippen molar-refractivity contribution < 1.29 is 9.59 Å². The third-order valence-corrected chi connectivity index (χ3v) is 1.70. The van der Waals surface area contributed by atoms with Gasteiger partial charge in [0.15, 0.2) is 0 Å². The summed E-state index contributed by atoms with van der Waals surface area (Å²) in [5.41, 5.74) is 0. The van der Waals surface area contributed by atoms with Crippen molar-refractivity contribution in [1.82, 2.24) is 0 Å². The fourth-order valence-corrected chi connectivity index (χ4v) is 0.836. The van der Waals surface area contributed by atoms with E-state index in [-0.39, 0.29) is 11.6 Å². The van der Waals surface area contributed by atoms with E-state index in [1.807, 2.05) is 13.8 Å². The van der Waals surface area contributed by atoms with Gasteiger partial charge in [-0.15, -0.1) is 0 Å². The summed E-state index contributed by atoms with van der Waals surface area (Å²) < 4.78 is 0. The van der Waals surface area contributed by atoms with Crippen LogP contribution in [0.5, 0.6) is 0 Å². The van der Waals surface area contributed by atoms with Crippen LogP contribution in [0.2, 0.25) is 0 Å². The second kappa shape index (κ2) is 6.08. The molecule has 0 radical (unpaired) electrons. The van der Waals surface area contributed by atoms with Crippen LogP contribution >= 0.6 is 0 Å². The quantitative estimate of drug-likeness (QED) is 0.590. The highest BCUT2D eigenvalue weighted by Gasteiger charge is 2.01. The van der Waals surface area contributed by atoms with Crippen LogP contribution in [0, 0.1) is 0 Å². The number of hydrogen-bond donors (Lipinski definition) is 0. The number of ketones is 2. The topological polar surface area (TPSA) is 34.1 Å². The first-order valence-electron chi connectivity index (χ1n) is 4.24. The molecule has 0 aromatic heterocycles. The van der Waals surface area contributed by atoms with Crippen LogP contribution in [0.25, 0.3) is 0 Å². The van der Waals surface area contributed by atoms with Gasteiger partial charge in [-0.2, -0.15) is 0 Å². The minimum Gasteiger partial charge on any atom is -0.300 e. The van der Waals surface area contributed by atoms with Crippen molar-refractivity contribution in [1.29, 1.82) is 0 Å². The van der Waals surface area contributed by atoms with Crippen LogP contribution in [0.3, 0.4) is 0 Å². The van der Waals surface area contributed by atoms with Crippen LogP contribution < -0.4 is 0 Å². The molecule has 0 spiro atoms. The van der Waals surface area contributed by atoms with E-state index in [0.29, 0.717) is 25.7 Å². The minimum absolute atomic E-state index is 0.258. The van der Waals surface area contributed by atoms with E-state index >= 15 is 0 Å². The Labute approximate surface area is 68.0 Å². The molecule has 2 nitrogen and oxygen atoms in total. The summed E-state index contributed by atoms with van der Waals surface area (Å²) in [6.45, 7) is 3.70. The van der Waals surface area contributed by atoms with E-state index in [4.69, 9.17) is 0 Å². The van der Waals surface area contributed by atoms with Crippen molar-refractivity contribution in [2.75, 3.05) is 0 Å². The van der Waals surface area contributed by atoms with Gasteiger partial charge in [-0.05, 0) is 6.42 Å². The molecule has 0 N–H and O–H groups in total. The number of carbonyl (C=O) groups excluding carboxylic acids is 2. The van der Waals surface area contributed by atoms with Crippen LogP contribution in [-0.2, 0) is 9.59 Å². The normalized spacial score (nSPS) is 9.64. The Morgan fingerprint density at radius 2 is 1.27 bits per heavy atom. The van der Waals surface area contributed by atoms with Crippen molar-refractivity contribution in [2.45, 2.75) is 46.0 Å². The first-order valence-corrected chi connectivity index (χ1v) is 4.24. The monoisotopic (exact) mass is 156 g/mol. The van der Waals surface area contributed by atoms with E-state index in [1.54, 1.807) is 0 Å². The zero-order valence-corrected chi connectivity index (χ0v) is 7.35. The van der Waals surface area contributed by atoms with Gasteiger partial charge in [0.2, 0.25) is 0 Å². The Balaban J connectivity index is 3.27. The van der Waals surface area contributed by atoms with E-state index in [1.165, 1.54) is 0 Å². The van der Waals surface area contributed by atoms with Gasteiger partial charge in [0, 0.05) is 25.7 Å². The number of rotatable bonds is 6. The van der Waals surface area contributed by atoms with Gasteiger partial charge in [-0.25, -0.2) is 0 Å². The molecule has 0 aliphatic heterocycles. The summed E-state index contributed by atoms with van der Waals surface area (Å²) in [7, 11) is 0. The smallest absolute Gasteiger partial charge is 0.132 e. The molecule has 0 saturated heterocycles. The summed E-state index contributed by atoms with van der Waals surface area (Å²) in [4.78, 5) is 21.5. The van der Waals surface area contributed by atoms with Crippen molar-refractivity contribution in [3.63, 3.8) is 0 Å². The van der Waals surface area contributed by atoms with E-state index in [2.05, 4.69) is 0 Å². The van der Waals surface area contributed by atoms with Gasteiger partial charge >= 0.3 is 0 Å². The Bertz CT molecular complexity index is 122. The van der Waals surface area contributed by atoms with Crippen molar-refractivity contribution >= 4 is 11.6 Å². The summed E-state index contributed by atoms with van der Waals surface area (Å²) >= 11 is 0. The third-order valence-electron chi connectivity index (χ3n) is 1.70. The molecule has 0 heterocycles. The number of hydrogen-bond acceptors (Lipinski definition) is 2. The molecule has 0 aliphatic rings. The lowest BCUT2D eigenvalue weighted by Crippen LogP contribution is -1.99. The van der Waals surface area contributed by atoms with Gasteiger partial charge in [0.1, 0.15) is 11.6 Å². The fourth-order valence-electron chi connectivity index (χ4n) is 0.836. The maximum Gasteiger partial charge on any atom is 0.132 e. The predicted molar refractivity (Wildman–Crippen MR) is 44.4 cm³/mol. The van der Waals surface area contributed by atoms with Crippen molar-refractivity contribution in [2.24, 2.45) is 0 Å². The Morgan fingerprint density at radius 1 is 0.909 bits per heavy atom. The van der Waals surface area contributed by atoms with Crippen molar-refractivity contribution in [3.8, 4) is 0 Å². The molecular formula is C9H16O2. The fraction of sp³-hybridized carbons (Fsp3) is 0.778.